The van der Waals surface area contributed by atoms with Crippen molar-refractivity contribution in [1.29, 1.82) is 0 Å². The summed E-state index contributed by atoms with van der Waals surface area (Å²) >= 11 is 0. The third kappa shape index (κ3) is 4.12. The van der Waals surface area contributed by atoms with E-state index < -0.39 is 18.0 Å². The van der Waals surface area contributed by atoms with Crippen molar-refractivity contribution in [3.8, 4) is 11.5 Å². The number of anilines is 2. The van der Waals surface area contributed by atoms with Gasteiger partial charge in [-0.3, -0.25) is 4.79 Å². The lowest BCUT2D eigenvalue weighted by atomic mass is 10.1. The third-order valence-corrected chi connectivity index (χ3v) is 4.84. The molecule has 0 unspecified atom stereocenters. The van der Waals surface area contributed by atoms with Crippen LogP contribution >= 0.6 is 0 Å². The molecule has 0 radical (unpaired) electrons. The molecule has 2 aromatic rings. The fourth-order valence-electron chi connectivity index (χ4n) is 3.30. The number of ether oxygens (including phenoxy) is 4. The summed E-state index contributed by atoms with van der Waals surface area (Å²) in [6.45, 7) is 2.82. The van der Waals surface area contributed by atoms with Gasteiger partial charge in [-0.25, -0.2) is 4.79 Å². The van der Waals surface area contributed by atoms with Gasteiger partial charge in [0.25, 0.3) is 5.91 Å². The molecule has 2 heterocycles. The number of morpholine rings is 1. The first-order valence-electron chi connectivity index (χ1n) is 9.40. The lowest BCUT2D eigenvalue weighted by Crippen LogP contribution is -2.40. The predicted molar refractivity (Wildman–Crippen MR) is 106 cm³/mol. The zero-order valence-electron chi connectivity index (χ0n) is 16.1. The van der Waals surface area contributed by atoms with Crippen molar-refractivity contribution in [3.63, 3.8) is 0 Å². The second-order valence-electron chi connectivity index (χ2n) is 6.67. The molecule has 8 nitrogen and oxygen atoms in total. The van der Waals surface area contributed by atoms with Crippen molar-refractivity contribution in [2.75, 3.05) is 50.2 Å². The quantitative estimate of drug-likeness (QED) is 0.789. The molecule has 0 saturated carbocycles. The highest BCUT2D eigenvalue weighted by molar-refractivity contribution is 6.03. The first-order chi connectivity index (χ1) is 14.2. The highest BCUT2D eigenvalue weighted by atomic mass is 16.6. The zero-order valence-corrected chi connectivity index (χ0v) is 16.1. The molecule has 1 N–H and O–H groups in total. The lowest BCUT2D eigenvalue weighted by molar-refractivity contribution is -0.125. The van der Waals surface area contributed by atoms with Crippen LogP contribution in [-0.4, -0.2) is 58.0 Å². The molecular formula is C21H22N2O6. The summed E-state index contributed by atoms with van der Waals surface area (Å²) < 4.78 is 21.6. The van der Waals surface area contributed by atoms with E-state index in [-0.39, 0.29) is 12.2 Å². The fraction of sp³-hybridized carbons (Fsp3) is 0.333. The van der Waals surface area contributed by atoms with Crippen molar-refractivity contribution in [2.45, 2.75) is 6.10 Å². The number of carbonyl (C=O) groups excluding carboxylic acids is 2. The van der Waals surface area contributed by atoms with Crippen LogP contribution in [0.5, 0.6) is 11.5 Å². The van der Waals surface area contributed by atoms with Crippen LogP contribution in [0.25, 0.3) is 0 Å². The van der Waals surface area contributed by atoms with Gasteiger partial charge in [-0.05, 0) is 30.3 Å². The van der Waals surface area contributed by atoms with E-state index in [9.17, 15) is 9.59 Å². The van der Waals surface area contributed by atoms with E-state index in [2.05, 4.69) is 10.2 Å². The molecule has 0 bridgehead atoms. The van der Waals surface area contributed by atoms with Crippen LogP contribution in [0.15, 0.2) is 42.5 Å². The Bertz CT molecular complexity index is 910. The van der Waals surface area contributed by atoms with E-state index in [0.717, 1.165) is 18.8 Å². The Hall–Kier alpha value is -3.26. The highest BCUT2D eigenvalue weighted by Gasteiger charge is 2.28. The third-order valence-electron chi connectivity index (χ3n) is 4.84. The zero-order chi connectivity index (χ0) is 20.2. The Morgan fingerprint density at radius 3 is 2.62 bits per heavy atom. The van der Waals surface area contributed by atoms with Gasteiger partial charge in [-0.15, -0.1) is 0 Å². The van der Waals surface area contributed by atoms with Gasteiger partial charge in [-0.1, -0.05) is 12.1 Å². The number of benzene rings is 2. The van der Waals surface area contributed by atoms with Crippen LogP contribution in [0.1, 0.15) is 10.4 Å². The fourth-order valence-corrected chi connectivity index (χ4v) is 3.30. The molecule has 8 heteroatoms. The van der Waals surface area contributed by atoms with Crippen molar-refractivity contribution in [1.82, 2.24) is 0 Å². The molecule has 1 saturated heterocycles. The molecule has 29 heavy (non-hydrogen) atoms. The van der Waals surface area contributed by atoms with Gasteiger partial charge in [0.2, 0.25) is 6.10 Å². The smallest absolute Gasteiger partial charge is 0.340 e. The second kappa shape index (κ2) is 8.40. The van der Waals surface area contributed by atoms with Crippen molar-refractivity contribution >= 4 is 23.3 Å². The lowest BCUT2D eigenvalue weighted by Gasteiger charge is -2.29. The van der Waals surface area contributed by atoms with E-state index in [1.807, 2.05) is 18.2 Å². The number of nitrogens with one attached hydrogen (secondary N) is 1. The average molecular weight is 398 g/mol. The Morgan fingerprint density at radius 2 is 1.86 bits per heavy atom. The van der Waals surface area contributed by atoms with Gasteiger partial charge < -0.3 is 29.2 Å². The van der Waals surface area contributed by atoms with E-state index in [1.54, 1.807) is 24.3 Å². The summed E-state index contributed by atoms with van der Waals surface area (Å²) in [4.78, 5) is 27.2. The normalized spacial score (nSPS) is 18.1. The Morgan fingerprint density at radius 1 is 1.10 bits per heavy atom. The molecule has 2 aromatic carbocycles. The maximum absolute atomic E-state index is 12.7. The standard InChI is InChI=1S/C21H22N2O6/c1-26-21(25)15-12-14(23-8-10-27-11-9-23)6-7-16(15)22-20(24)19-13-28-17-4-2-3-5-18(17)29-19/h2-7,12,19H,8-11,13H2,1H3,(H,22,24)/t19-/m1/s1. The maximum Gasteiger partial charge on any atom is 0.340 e. The molecule has 152 valence electrons. The van der Waals surface area contributed by atoms with Crippen molar-refractivity contribution in [2.24, 2.45) is 0 Å². The van der Waals surface area contributed by atoms with Gasteiger partial charge in [0.1, 0.15) is 6.61 Å². The predicted octanol–water partition coefficient (Wildman–Crippen LogP) is 2.09. The second-order valence-corrected chi connectivity index (χ2v) is 6.67. The van der Waals surface area contributed by atoms with Crippen LogP contribution < -0.4 is 19.7 Å². The molecule has 1 atom stereocenters. The molecule has 0 aliphatic carbocycles. The molecule has 0 aromatic heterocycles. The van der Waals surface area contributed by atoms with Crippen LogP contribution in [-0.2, 0) is 14.3 Å². The van der Waals surface area contributed by atoms with Crippen LogP contribution in [0.2, 0.25) is 0 Å². The van der Waals surface area contributed by atoms with Crippen LogP contribution in [0, 0.1) is 0 Å². The largest absolute Gasteiger partial charge is 0.485 e. The van der Waals surface area contributed by atoms with Gasteiger partial charge in [0.15, 0.2) is 11.5 Å². The minimum atomic E-state index is -0.825. The van der Waals surface area contributed by atoms with Gasteiger partial charge in [-0.2, -0.15) is 0 Å². The number of para-hydroxylation sites is 2. The number of amides is 1. The molecule has 2 aliphatic heterocycles. The van der Waals surface area contributed by atoms with Gasteiger partial charge in [0, 0.05) is 18.8 Å². The monoisotopic (exact) mass is 398 g/mol. The summed E-state index contributed by atoms with van der Waals surface area (Å²) in [5, 5.41) is 2.77. The van der Waals surface area contributed by atoms with E-state index in [0.29, 0.717) is 30.4 Å². The molecule has 1 fully saturated rings. The van der Waals surface area contributed by atoms with Gasteiger partial charge in [0.05, 0.1) is 31.6 Å². The van der Waals surface area contributed by atoms with Crippen molar-refractivity contribution in [3.05, 3.63) is 48.0 Å². The van der Waals surface area contributed by atoms with Crippen LogP contribution in [0.4, 0.5) is 11.4 Å². The minimum Gasteiger partial charge on any atom is -0.485 e. The average Bonchev–Trinajstić information content (AvgIpc) is 2.79. The number of hydrogen-bond acceptors (Lipinski definition) is 7. The SMILES string of the molecule is COC(=O)c1cc(N2CCOCC2)ccc1NC(=O)[C@H]1COc2ccccc2O1. The highest BCUT2D eigenvalue weighted by Crippen LogP contribution is 2.31. The molecular weight excluding hydrogens is 376 g/mol. The summed E-state index contributed by atoms with van der Waals surface area (Å²) in [5.74, 6) is 0.182. The Labute approximate surface area is 168 Å². The number of hydrogen-bond donors (Lipinski definition) is 1. The Balaban J connectivity index is 1.53. The van der Waals surface area contributed by atoms with E-state index in [1.165, 1.54) is 7.11 Å². The number of carbonyl (C=O) groups is 2. The number of methoxy groups -OCH3 is 1. The van der Waals surface area contributed by atoms with Gasteiger partial charge >= 0.3 is 5.97 Å². The summed E-state index contributed by atoms with van der Waals surface area (Å²) in [6.07, 6.45) is -0.825. The molecule has 4 rings (SSSR count). The number of nitrogens with zero attached hydrogens (tertiary/aromatic N) is 1. The summed E-state index contributed by atoms with van der Waals surface area (Å²) in [6, 6.07) is 12.5. The van der Waals surface area contributed by atoms with Crippen LogP contribution in [0.3, 0.4) is 0 Å². The molecule has 2 aliphatic rings. The van der Waals surface area contributed by atoms with E-state index >= 15 is 0 Å². The summed E-state index contributed by atoms with van der Waals surface area (Å²) in [7, 11) is 1.31. The molecule has 0 spiro atoms. The first kappa shape index (κ1) is 19.1. The molecule has 1 amide bonds. The summed E-state index contributed by atoms with van der Waals surface area (Å²) in [5.41, 5.74) is 1.51. The topological polar surface area (TPSA) is 86.3 Å². The maximum atomic E-state index is 12.7. The first-order valence-corrected chi connectivity index (χ1v) is 9.40. The number of fused-ring (bicyclic) bond motifs is 1. The number of esters is 1. The minimum absolute atomic E-state index is 0.0856. The Kier molecular flexibility index (Phi) is 5.53. The van der Waals surface area contributed by atoms with Crippen molar-refractivity contribution < 1.29 is 28.5 Å². The number of rotatable bonds is 4. The van der Waals surface area contributed by atoms with E-state index in [4.69, 9.17) is 18.9 Å².